The highest BCUT2D eigenvalue weighted by Gasteiger charge is 2.31. The van der Waals surface area contributed by atoms with Gasteiger partial charge in [-0.1, -0.05) is 6.92 Å². The van der Waals surface area contributed by atoms with Crippen LogP contribution < -0.4 is 5.32 Å². The number of nitrogens with one attached hydrogen (secondary N) is 2. The van der Waals surface area contributed by atoms with Crippen LogP contribution >= 0.6 is 0 Å². The second-order valence-electron chi connectivity index (χ2n) is 8.72. The molecule has 3 N–H and O–H groups in total. The number of nitrogens with zero attached hydrogens (tertiary/aromatic N) is 6. The number of anilines is 1. The van der Waals surface area contributed by atoms with E-state index < -0.39 is 18.6 Å². The minimum atomic E-state index is -2.51. The van der Waals surface area contributed by atoms with Crippen molar-refractivity contribution in [3.63, 3.8) is 0 Å². The van der Waals surface area contributed by atoms with Gasteiger partial charge in [-0.2, -0.15) is 4.98 Å². The van der Waals surface area contributed by atoms with Gasteiger partial charge in [-0.05, 0) is 39.0 Å². The first-order chi connectivity index (χ1) is 15.8. The van der Waals surface area contributed by atoms with Crippen LogP contribution in [-0.2, 0) is 6.54 Å². The summed E-state index contributed by atoms with van der Waals surface area (Å²) in [6.07, 6.45) is 6.57. The number of aryl methyl sites for hydroxylation is 1. The summed E-state index contributed by atoms with van der Waals surface area (Å²) in [6, 6.07) is 0.218. The number of halogens is 2. The fourth-order valence-corrected chi connectivity index (χ4v) is 4.51. The summed E-state index contributed by atoms with van der Waals surface area (Å²) in [5.41, 5.74) is 2.01. The second-order valence-corrected chi connectivity index (χ2v) is 8.72. The smallest absolute Gasteiger partial charge is 0.256 e. The molecule has 1 saturated carbocycles. The highest BCUT2D eigenvalue weighted by atomic mass is 19.3. The van der Waals surface area contributed by atoms with Crippen LogP contribution in [0.25, 0.3) is 33.6 Å². The third-order valence-corrected chi connectivity index (χ3v) is 6.59. The van der Waals surface area contributed by atoms with Crippen molar-refractivity contribution in [2.45, 2.75) is 70.6 Å². The van der Waals surface area contributed by atoms with Crippen LogP contribution in [0.4, 0.5) is 14.7 Å². The van der Waals surface area contributed by atoms with Gasteiger partial charge in [-0.3, -0.25) is 0 Å². The maximum atomic E-state index is 13.0. The Morgan fingerprint density at radius 2 is 2.00 bits per heavy atom. The molecule has 1 aliphatic carbocycles. The van der Waals surface area contributed by atoms with E-state index >= 15 is 0 Å². The van der Waals surface area contributed by atoms with Crippen LogP contribution in [0, 0.1) is 6.92 Å². The van der Waals surface area contributed by atoms with Gasteiger partial charge in [0.25, 0.3) is 6.43 Å². The maximum absolute atomic E-state index is 13.0. The molecule has 4 aromatic heterocycles. The van der Waals surface area contributed by atoms with Gasteiger partial charge in [0.15, 0.2) is 11.3 Å². The predicted octanol–water partition coefficient (Wildman–Crippen LogP) is 3.83. The van der Waals surface area contributed by atoms with Crippen molar-refractivity contribution in [1.29, 1.82) is 0 Å². The largest absolute Gasteiger partial charge is 0.390 e. The Labute approximate surface area is 188 Å². The fourth-order valence-electron chi connectivity index (χ4n) is 4.51. The Morgan fingerprint density at radius 3 is 2.73 bits per heavy atom. The molecule has 11 heteroatoms. The molecule has 0 unspecified atom stereocenters. The number of hydrogen-bond acceptors (Lipinski definition) is 7. The Morgan fingerprint density at radius 1 is 1.21 bits per heavy atom. The molecule has 0 bridgehead atoms. The zero-order valence-electron chi connectivity index (χ0n) is 18.5. The molecule has 9 nitrogen and oxygen atoms in total. The number of aliphatic hydroxyl groups is 1. The topological polar surface area (TPSA) is 117 Å². The summed E-state index contributed by atoms with van der Waals surface area (Å²) in [7, 11) is 0. The molecule has 33 heavy (non-hydrogen) atoms. The van der Waals surface area contributed by atoms with Gasteiger partial charge in [-0.15, -0.1) is 0 Å². The molecule has 1 aliphatic rings. The molecule has 0 aliphatic heterocycles. The molecule has 174 valence electrons. The standard InChI is InChI=1S/C22H26F2N8O/c1-3-22(33)6-4-13(5-7-22)29-21-27-9-15-14(8-25-18(15)31-21)16-10-26-19-20(30-16)32(11-17(23)24)12(2)28-19/h8-10,13,17,33H,3-7,11H2,1-2H3,(H2,25,27,29,31)/t13-,22+. The minimum absolute atomic E-state index is 0.218. The molecule has 0 saturated heterocycles. The van der Waals surface area contributed by atoms with E-state index in [-0.39, 0.29) is 6.04 Å². The van der Waals surface area contributed by atoms with E-state index in [4.69, 9.17) is 0 Å². The zero-order chi connectivity index (χ0) is 23.2. The number of alkyl halides is 2. The molecule has 0 aromatic carbocycles. The highest BCUT2D eigenvalue weighted by molar-refractivity contribution is 5.93. The molecule has 0 atom stereocenters. The summed E-state index contributed by atoms with van der Waals surface area (Å²) in [5.74, 6) is 0.968. The van der Waals surface area contributed by atoms with Crippen LogP contribution in [0.1, 0.15) is 44.9 Å². The van der Waals surface area contributed by atoms with Crippen molar-refractivity contribution < 1.29 is 13.9 Å². The van der Waals surface area contributed by atoms with Gasteiger partial charge in [0.2, 0.25) is 5.95 Å². The van der Waals surface area contributed by atoms with Crippen LogP contribution in [0.3, 0.4) is 0 Å². The van der Waals surface area contributed by atoms with E-state index in [0.29, 0.717) is 34.4 Å². The van der Waals surface area contributed by atoms with Gasteiger partial charge < -0.3 is 20.0 Å². The molecule has 5 rings (SSSR count). The van der Waals surface area contributed by atoms with Gasteiger partial charge in [0, 0.05) is 29.4 Å². The summed E-state index contributed by atoms with van der Waals surface area (Å²) >= 11 is 0. The number of fused-ring (bicyclic) bond motifs is 2. The van der Waals surface area contributed by atoms with Crippen LogP contribution in [0.5, 0.6) is 0 Å². The number of aromatic nitrogens is 7. The van der Waals surface area contributed by atoms with Crippen LogP contribution in [-0.4, -0.2) is 57.6 Å². The number of H-pyrrole nitrogens is 1. The van der Waals surface area contributed by atoms with E-state index in [1.807, 2.05) is 6.92 Å². The number of aromatic amines is 1. The van der Waals surface area contributed by atoms with Gasteiger partial charge in [-0.25, -0.2) is 28.7 Å². The lowest BCUT2D eigenvalue weighted by Crippen LogP contribution is -2.38. The van der Waals surface area contributed by atoms with E-state index in [2.05, 4.69) is 35.2 Å². The minimum Gasteiger partial charge on any atom is -0.390 e. The molecular formula is C22H26F2N8O. The van der Waals surface area contributed by atoms with Crippen molar-refractivity contribution in [3.8, 4) is 11.3 Å². The van der Waals surface area contributed by atoms with Crippen molar-refractivity contribution in [2.75, 3.05) is 5.32 Å². The molecule has 0 spiro atoms. The Hall–Kier alpha value is -3.21. The van der Waals surface area contributed by atoms with Crippen LogP contribution in [0.15, 0.2) is 18.6 Å². The van der Waals surface area contributed by atoms with E-state index in [0.717, 1.165) is 43.1 Å². The first-order valence-corrected chi connectivity index (χ1v) is 11.2. The lowest BCUT2D eigenvalue weighted by Gasteiger charge is -2.35. The van der Waals surface area contributed by atoms with E-state index in [1.165, 1.54) is 4.57 Å². The highest BCUT2D eigenvalue weighted by Crippen LogP contribution is 2.32. The monoisotopic (exact) mass is 456 g/mol. The van der Waals surface area contributed by atoms with Crippen molar-refractivity contribution in [3.05, 3.63) is 24.4 Å². The quantitative estimate of drug-likeness (QED) is 0.404. The maximum Gasteiger partial charge on any atom is 0.256 e. The third-order valence-electron chi connectivity index (χ3n) is 6.59. The molecule has 0 radical (unpaired) electrons. The molecule has 4 aromatic rings. The lowest BCUT2D eigenvalue weighted by atomic mass is 9.80. The third kappa shape index (κ3) is 4.12. The molecule has 1 fully saturated rings. The first-order valence-electron chi connectivity index (χ1n) is 11.2. The number of imidazole rings is 1. The predicted molar refractivity (Wildman–Crippen MR) is 120 cm³/mol. The van der Waals surface area contributed by atoms with Crippen molar-refractivity contribution >= 4 is 28.3 Å². The molecular weight excluding hydrogens is 430 g/mol. The van der Waals surface area contributed by atoms with Crippen molar-refractivity contribution in [1.82, 2.24) is 34.5 Å². The van der Waals surface area contributed by atoms with Gasteiger partial charge in [0.1, 0.15) is 11.5 Å². The number of hydrogen-bond donors (Lipinski definition) is 3. The van der Waals surface area contributed by atoms with Crippen molar-refractivity contribution in [2.24, 2.45) is 0 Å². The zero-order valence-corrected chi connectivity index (χ0v) is 18.5. The summed E-state index contributed by atoms with van der Waals surface area (Å²) in [6.45, 7) is 3.20. The SMILES string of the molecule is CC[C@]1(O)CC[C@@H](Nc2ncc3c(-c4cnc5nc(C)n(CC(F)F)c5n4)c[nH]c3n2)CC1. The fraction of sp³-hybridized carbons (Fsp3) is 0.500. The lowest BCUT2D eigenvalue weighted by molar-refractivity contribution is -0.00198. The average molecular weight is 457 g/mol. The first kappa shape index (κ1) is 21.6. The van der Waals surface area contributed by atoms with E-state index in [1.54, 1.807) is 25.5 Å². The van der Waals surface area contributed by atoms with Crippen LogP contribution in [0.2, 0.25) is 0 Å². The summed E-state index contributed by atoms with van der Waals surface area (Å²) in [4.78, 5) is 25.3. The number of rotatable bonds is 6. The van der Waals surface area contributed by atoms with Gasteiger partial charge in [0.05, 0.1) is 24.0 Å². The summed E-state index contributed by atoms with van der Waals surface area (Å²) < 4.78 is 27.4. The molecule has 4 heterocycles. The second kappa shape index (κ2) is 8.29. The normalized spacial score (nSPS) is 21.3. The van der Waals surface area contributed by atoms with Gasteiger partial charge >= 0.3 is 0 Å². The average Bonchev–Trinajstić information content (AvgIpc) is 3.35. The Balaban J connectivity index is 1.40. The Kier molecular flexibility index (Phi) is 5.43. The molecule has 0 amide bonds. The Bertz CT molecular complexity index is 1290. The summed E-state index contributed by atoms with van der Waals surface area (Å²) in [5, 5.41) is 14.6. The van der Waals surface area contributed by atoms with E-state index in [9.17, 15) is 13.9 Å².